The minimum atomic E-state index is -0.123. The van der Waals surface area contributed by atoms with Gasteiger partial charge in [-0.3, -0.25) is 4.79 Å². The first-order valence-electron chi connectivity index (χ1n) is 7.96. The van der Waals surface area contributed by atoms with Gasteiger partial charge in [-0.15, -0.1) is 0 Å². The van der Waals surface area contributed by atoms with E-state index in [-0.39, 0.29) is 18.0 Å². The van der Waals surface area contributed by atoms with E-state index in [0.29, 0.717) is 32.0 Å². The average molecular weight is 322 g/mol. The van der Waals surface area contributed by atoms with Gasteiger partial charge in [0.2, 0.25) is 0 Å². The maximum atomic E-state index is 12.4. The van der Waals surface area contributed by atoms with Gasteiger partial charge in [-0.2, -0.15) is 0 Å². The molecule has 1 aliphatic heterocycles. The zero-order valence-electron chi connectivity index (χ0n) is 14.1. The summed E-state index contributed by atoms with van der Waals surface area (Å²) in [6, 6.07) is 3.76. The molecule has 128 valence electrons. The SMILES string of the molecule is CN(C)C(=O)N(CCNC(=O)c1cccn1C)C1CCOCC1. The average Bonchev–Trinajstić information content (AvgIpc) is 2.97. The number of nitrogens with zero attached hydrogens (tertiary/aromatic N) is 3. The van der Waals surface area contributed by atoms with Crippen LogP contribution in [0.3, 0.4) is 0 Å². The number of amides is 3. The molecule has 1 aliphatic rings. The van der Waals surface area contributed by atoms with Crippen LogP contribution in [-0.2, 0) is 11.8 Å². The number of rotatable bonds is 5. The molecule has 0 unspecified atom stereocenters. The van der Waals surface area contributed by atoms with E-state index in [1.54, 1.807) is 29.6 Å². The van der Waals surface area contributed by atoms with E-state index in [0.717, 1.165) is 12.8 Å². The lowest BCUT2D eigenvalue weighted by Gasteiger charge is -2.36. The first kappa shape index (κ1) is 17.3. The van der Waals surface area contributed by atoms with Gasteiger partial charge < -0.3 is 24.4 Å². The van der Waals surface area contributed by atoms with Gasteiger partial charge in [-0.25, -0.2) is 4.79 Å². The van der Waals surface area contributed by atoms with Crippen LogP contribution in [-0.4, -0.2) is 72.7 Å². The third kappa shape index (κ3) is 4.48. The Hall–Kier alpha value is -2.02. The smallest absolute Gasteiger partial charge is 0.319 e. The van der Waals surface area contributed by atoms with Gasteiger partial charge in [0.05, 0.1) is 0 Å². The van der Waals surface area contributed by atoms with Crippen molar-refractivity contribution >= 4 is 11.9 Å². The number of urea groups is 1. The van der Waals surface area contributed by atoms with Gasteiger partial charge in [0.25, 0.3) is 5.91 Å². The molecule has 0 radical (unpaired) electrons. The first-order valence-corrected chi connectivity index (χ1v) is 7.96. The quantitative estimate of drug-likeness (QED) is 0.876. The van der Waals surface area contributed by atoms with Crippen LogP contribution < -0.4 is 5.32 Å². The van der Waals surface area contributed by atoms with Crippen molar-refractivity contribution in [3.05, 3.63) is 24.0 Å². The molecule has 2 heterocycles. The summed E-state index contributed by atoms with van der Waals surface area (Å²) in [7, 11) is 5.33. The number of aromatic nitrogens is 1. The van der Waals surface area contributed by atoms with Crippen molar-refractivity contribution in [2.75, 3.05) is 40.4 Å². The maximum absolute atomic E-state index is 12.4. The number of aryl methyl sites for hydroxylation is 1. The topological polar surface area (TPSA) is 66.8 Å². The number of carbonyl (C=O) groups excluding carboxylic acids is 2. The monoisotopic (exact) mass is 322 g/mol. The predicted octanol–water partition coefficient (Wildman–Crippen LogP) is 0.917. The molecule has 23 heavy (non-hydrogen) atoms. The van der Waals surface area contributed by atoms with Crippen LogP contribution in [0.4, 0.5) is 4.79 Å². The van der Waals surface area contributed by atoms with Crippen LogP contribution in [0.5, 0.6) is 0 Å². The Morgan fingerprint density at radius 2 is 2.04 bits per heavy atom. The normalized spacial score (nSPS) is 15.3. The van der Waals surface area contributed by atoms with Crippen molar-refractivity contribution < 1.29 is 14.3 Å². The second-order valence-electron chi connectivity index (χ2n) is 5.97. The molecular weight excluding hydrogens is 296 g/mol. The summed E-state index contributed by atoms with van der Waals surface area (Å²) in [6.45, 7) is 2.29. The fourth-order valence-electron chi connectivity index (χ4n) is 2.77. The Labute approximate surface area is 137 Å². The van der Waals surface area contributed by atoms with Crippen LogP contribution in [0.25, 0.3) is 0 Å². The van der Waals surface area contributed by atoms with Crippen LogP contribution in [0, 0.1) is 0 Å². The van der Waals surface area contributed by atoms with Crippen molar-refractivity contribution in [1.29, 1.82) is 0 Å². The van der Waals surface area contributed by atoms with Crippen molar-refractivity contribution in [3.8, 4) is 0 Å². The largest absolute Gasteiger partial charge is 0.381 e. The van der Waals surface area contributed by atoms with Gasteiger partial charge >= 0.3 is 6.03 Å². The number of carbonyl (C=O) groups is 2. The van der Waals surface area contributed by atoms with E-state index < -0.39 is 0 Å². The van der Waals surface area contributed by atoms with E-state index in [9.17, 15) is 9.59 Å². The fourth-order valence-corrected chi connectivity index (χ4v) is 2.77. The second kappa shape index (κ2) is 8.01. The highest BCUT2D eigenvalue weighted by Crippen LogP contribution is 2.15. The Balaban J connectivity index is 1.91. The third-order valence-electron chi connectivity index (χ3n) is 4.07. The molecule has 0 atom stereocenters. The van der Waals surface area contributed by atoms with Gasteiger partial charge in [-0.1, -0.05) is 0 Å². The van der Waals surface area contributed by atoms with Crippen molar-refractivity contribution in [2.45, 2.75) is 18.9 Å². The molecule has 0 spiro atoms. The van der Waals surface area contributed by atoms with Crippen LogP contribution in [0.15, 0.2) is 18.3 Å². The molecule has 1 aromatic heterocycles. The highest BCUT2D eigenvalue weighted by atomic mass is 16.5. The summed E-state index contributed by atoms with van der Waals surface area (Å²) in [4.78, 5) is 27.9. The van der Waals surface area contributed by atoms with E-state index in [1.807, 2.05) is 24.2 Å². The molecule has 7 heteroatoms. The van der Waals surface area contributed by atoms with Crippen LogP contribution >= 0.6 is 0 Å². The minimum absolute atomic E-state index is 0.0231. The third-order valence-corrected chi connectivity index (χ3v) is 4.07. The molecule has 1 N–H and O–H groups in total. The number of nitrogens with one attached hydrogen (secondary N) is 1. The molecule has 7 nitrogen and oxygen atoms in total. The standard InChI is InChI=1S/C16H26N4O3/c1-18(2)16(22)20(13-6-11-23-12-7-13)10-8-17-15(21)14-5-4-9-19(14)3/h4-5,9,13H,6-8,10-12H2,1-3H3,(H,17,21). The zero-order valence-corrected chi connectivity index (χ0v) is 14.1. The van der Waals surface area contributed by atoms with Gasteiger partial charge in [0.1, 0.15) is 5.69 Å². The van der Waals surface area contributed by atoms with Crippen molar-refractivity contribution in [3.63, 3.8) is 0 Å². The summed E-state index contributed by atoms with van der Waals surface area (Å²) >= 11 is 0. The Kier molecular flexibility index (Phi) is 6.04. The molecule has 2 rings (SSSR count). The molecule has 0 saturated carbocycles. The van der Waals surface area contributed by atoms with Gasteiger partial charge in [0, 0.05) is 59.7 Å². The van der Waals surface area contributed by atoms with E-state index in [2.05, 4.69) is 5.32 Å². The fraction of sp³-hybridized carbons (Fsp3) is 0.625. The lowest BCUT2D eigenvalue weighted by molar-refractivity contribution is 0.0415. The second-order valence-corrected chi connectivity index (χ2v) is 5.97. The highest BCUT2D eigenvalue weighted by Gasteiger charge is 2.26. The van der Waals surface area contributed by atoms with Gasteiger partial charge in [0.15, 0.2) is 0 Å². The zero-order chi connectivity index (χ0) is 16.8. The summed E-state index contributed by atoms with van der Waals surface area (Å²) in [5.41, 5.74) is 0.613. The molecule has 1 aromatic rings. The van der Waals surface area contributed by atoms with E-state index in [1.165, 1.54) is 0 Å². The van der Waals surface area contributed by atoms with Crippen LogP contribution in [0.1, 0.15) is 23.3 Å². The Morgan fingerprint density at radius 1 is 1.35 bits per heavy atom. The summed E-state index contributed by atoms with van der Waals surface area (Å²) in [5, 5.41) is 2.89. The highest BCUT2D eigenvalue weighted by molar-refractivity contribution is 5.92. The summed E-state index contributed by atoms with van der Waals surface area (Å²) < 4.78 is 7.15. The van der Waals surface area contributed by atoms with Crippen molar-refractivity contribution in [2.24, 2.45) is 7.05 Å². The molecular formula is C16H26N4O3. The summed E-state index contributed by atoms with van der Waals surface area (Å²) in [6.07, 6.45) is 3.51. The minimum Gasteiger partial charge on any atom is -0.381 e. The molecule has 0 aromatic carbocycles. The first-order chi connectivity index (χ1) is 11.0. The predicted molar refractivity (Wildman–Crippen MR) is 87.4 cm³/mol. The molecule has 1 saturated heterocycles. The molecule has 3 amide bonds. The molecule has 1 fully saturated rings. The number of hydrogen-bond acceptors (Lipinski definition) is 3. The Morgan fingerprint density at radius 3 is 2.61 bits per heavy atom. The maximum Gasteiger partial charge on any atom is 0.319 e. The van der Waals surface area contributed by atoms with Gasteiger partial charge in [-0.05, 0) is 25.0 Å². The van der Waals surface area contributed by atoms with E-state index in [4.69, 9.17) is 4.74 Å². The Bertz CT molecular complexity index is 535. The van der Waals surface area contributed by atoms with Crippen LogP contribution in [0.2, 0.25) is 0 Å². The lowest BCUT2D eigenvalue weighted by atomic mass is 10.1. The number of hydrogen-bond donors (Lipinski definition) is 1. The van der Waals surface area contributed by atoms with E-state index >= 15 is 0 Å². The van der Waals surface area contributed by atoms with Crippen molar-refractivity contribution in [1.82, 2.24) is 19.7 Å². The molecule has 0 aliphatic carbocycles. The number of ether oxygens (including phenoxy) is 1. The summed E-state index contributed by atoms with van der Waals surface area (Å²) in [5.74, 6) is -0.123. The lowest BCUT2D eigenvalue weighted by Crippen LogP contribution is -2.50. The molecule has 0 bridgehead atoms.